The van der Waals surface area contributed by atoms with Crippen molar-refractivity contribution in [1.29, 1.82) is 0 Å². The van der Waals surface area contributed by atoms with Gasteiger partial charge in [-0.05, 0) is 62.6 Å². The second kappa shape index (κ2) is 7.09. The molecule has 1 saturated heterocycles. The first kappa shape index (κ1) is 17.1. The van der Waals surface area contributed by atoms with Crippen molar-refractivity contribution in [2.24, 2.45) is 11.8 Å². The van der Waals surface area contributed by atoms with Gasteiger partial charge in [-0.15, -0.1) is 0 Å². The van der Waals surface area contributed by atoms with Crippen LogP contribution in [-0.2, 0) is 0 Å². The van der Waals surface area contributed by atoms with Crippen molar-refractivity contribution >= 4 is 8.24 Å². The Hall–Kier alpha value is -0.383. The highest BCUT2D eigenvalue weighted by molar-refractivity contribution is 6.76. The zero-order valence-electron chi connectivity index (χ0n) is 15.7. The Labute approximate surface area is 149 Å². The molecule has 0 bridgehead atoms. The van der Waals surface area contributed by atoms with Crippen molar-refractivity contribution in [2.75, 3.05) is 13.1 Å². The van der Waals surface area contributed by atoms with E-state index in [2.05, 4.69) is 47.3 Å². The second-order valence-electron chi connectivity index (χ2n) is 9.28. The average molecular weight is 345 g/mol. The van der Waals surface area contributed by atoms with Gasteiger partial charge in [0.25, 0.3) is 0 Å². The molecule has 24 heavy (non-hydrogen) atoms. The Balaban J connectivity index is 1.50. The molecule has 3 aliphatic carbocycles. The summed E-state index contributed by atoms with van der Waals surface area (Å²) in [6, 6.07) is 1.62. The van der Waals surface area contributed by atoms with Crippen LogP contribution in [0.3, 0.4) is 0 Å². The molecule has 2 nitrogen and oxygen atoms in total. The lowest BCUT2D eigenvalue weighted by atomic mass is 9.89. The molecule has 3 fully saturated rings. The highest BCUT2D eigenvalue weighted by Gasteiger charge is 2.50. The molecule has 0 amide bonds. The fourth-order valence-corrected chi connectivity index (χ4v) is 9.81. The summed E-state index contributed by atoms with van der Waals surface area (Å²) in [5.41, 5.74) is 0.899. The molecule has 4 rings (SSSR count). The van der Waals surface area contributed by atoms with Crippen molar-refractivity contribution < 1.29 is 0 Å². The van der Waals surface area contributed by atoms with Crippen LogP contribution in [0.5, 0.6) is 0 Å². The summed E-state index contributed by atoms with van der Waals surface area (Å²) in [6.07, 6.45) is 21.2. The monoisotopic (exact) mass is 344 g/mol. The molecule has 1 aliphatic heterocycles. The molecular weight excluding hydrogens is 308 g/mol. The normalized spacial score (nSPS) is 37.9. The molecule has 4 atom stereocenters. The highest BCUT2D eigenvalue weighted by atomic mass is 28.3. The van der Waals surface area contributed by atoms with Gasteiger partial charge in [0.2, 0.25) is 0 Å². The van der Waals surface area contributed by atoms with Gasteiger partial charge in [-0.3, -0.25) is 4.90 Å². The minimum atomic E-state index is -1.42. The van der Waals surface area contributed by atoms with Gasteiger partial charge in [-0.25, -0.2) is 0 Å². The fourth-order valence-electron chi connectivity index (χ4n) is 6.12. The third kappa shape index (κ3) is 3.32. The van der Waals surface area contributed by atoms with Crippen LogP contribution >= 0.6 is 0 Å². The summed E-state index contributed by atoms with van der Waals surface area (Å²) in [5.74, 6) is 1.57. The number of hydrogen-bond donors (Lipinski definition) is 1. The smallest absolute Gasteiger partial charge is 0.123 e. The van der Waals surface area contributed by atoms with E-state index in [1.165, 1.54) is 64.5 Å². The van der Waals surface area contributed by atoms with E-state index in [0.29, 0.717) is 0 Å². The Bertz CT molecular complexity index is 486. The van der Waals surface area contributed by atoms with Gasteiger partial charge >= 0.3 is 0 Å². The molecule has 0 aromatic heterocycles. The highest BCUT2D eigenvalue weighted by Crippen LogP contribution is 2.51. The second-order valence-corrected chi connectivity index (χ2v) is 13.8. The van der Waals surface area contributed by atoms with Crippen molar-refractivity contribution in [3.63, 3.8) is 0 Å². The van der Waals surface area contributed by atoms with E-state index in [-0.39, 0.29) is 0 Å². The van der Waals surface area contributed by atoms with E-state index in [0.717, 1.165) is 29.5 Å². The van der Waals surface area contributed by atoms with Crippen LogP contribution < -0.4 is 4.98 Å². The molecule has 0 aromatic carbocycles. The van der Waals surface area contributed by atoms with Crippen LogP contribution in [-0.4, -0.2) is 38.3 Å². The largest absolute Gasteiger partial charge is 0.334 e. The lowest BCUT2D eigenvalue weighted by Gasteiger charge is -2.39. The number of likely N-dealkylation sites (tertiary alicyclic amines) is 1. The maximum atomic E-state index is 4.24. The third-order valence-electron chi connectivity index (χ3n) is 7.34. The molecule has 4 aliphatic rings. The number of allylic oxidation sites excluding steroid dienone is 3. The number of hydrogen-bond acceptors (Lipinski definition) is 2. The lowest BCUT2D eigenvalue weighted by Crippen LogP contribution is -2.55. The minimum Gasteiger partial charge on any atom is -0.334 e. The number of nitrogens with zero attached hydrogens (tertiary/aromatic N) is 1. The van der Waals surface area contributed by atoms with E-state index in [1.807, 2.05) is 0 Å². The maximum absolute atomic E-state index is 4.24. The van der Waals surface area contributed by atoms with Crippen molar-refractivity contribution in [1.82, 2.24) is 9.88 Å². The van der Waals surface area contributed by atoms with Crippen LogP contribution in [0.15, 0.2) is 24.3 Å². The van der Waals surface area contributed by atoms with Crippen molar-refractivity contribution in [3.05, 3.63) is 24.3 Å². The van der Waals surface area contributed by atoms with Crippen LogP contribution in [0.4, 0.5) is 0 Å². The first-order valence-corrected chi connectivity index (χ1v) is 13.6. The standard InChI is InChI=1S/C21H36N2Si/c1-24(2,22-17-10-4-3-5-11-17)21-16-20(23-14-8-9-15-23)18-12-6-7-13-19(18)21/h6-7,12-13,17-22H,3-5,8-11,14-16H2,1-2H3. The topological polar surface area (TPSA) is 15.3 Å². The SMILES string of the molecule is C[Si](C)(NC1CCCCC1)C1CC(N2CCCC2)C2C=CC=CC21. The summed E-state index contributed by atoms with van der Waals surface area (Å²) in [5, 5.41) is 0. The molecular formula is C21H36N2Si. The Morgan fingerprint density at radius 3 is 2.25 bits per heavy atom. The summed E-state index contributed by atoms with van der Waals surface area (Å²) in [6.45, 7) is 7.94. The summed E-state index contributed by atoms with van der Waals surface area (Å²) < 4.78 is 0. The molecule has 2 saturated carbocycles. The van der Waals surface area contributed by atoms with Crippen LogP contribution in [0.1, 0.15) is 51.4 Å². The van der Waals surface area contributed by atoms with Gasteiger partial charge in [-0.1, -0.05) is 56.7 Å². The Morgan fingerprint density at radius 2 is 1.54 bits per heavy atom. The van der Waals surface area contributed by atoms with Crippen LogP contribution in [0.2, 0.25) is 18.6 Å². The summed E-state index contributed by atoms with van der Waals surface area (Å²) >= 11 is 0. The molecule has 1 N–H and O–H groups in total. The predicted octanol–water partition coefficient (Wildman–Crippen LogP) is 4.71. The minimum absolute atomic E-state index is 0.776. The van der Waals surface area contributed by atoms with Crippen molar-refractivity contribution in [2.45, 2.75) is 82.1 Å². The molecule has 1 heterocycles. The van der Waals surface area contributed by atoms with Gasteiger partial charge < -0.3 is 4.98 Å². The summed E-state index contributed by atoms with van der Waals surface area (Å²) in [4.78, 5) is 7.07. The van der Waals surface area contributed by atoms with Crippen LogP contribution in [0, 0.1) is 11.8 Å². The maximum Gasteiger partial charge on any atom is 0.123 e. The van der Waals surface area contributed by atoms with Gasteiger partial charge in [0.15, 0.2) is 0 Å². The zero-order chi connectivity index (χ0) is 16.6. The van der Waals surface area contributed by atoms with E-state index < -0.39 is 8.24 Å². The lowest BCUT2D eigenvalue weighted by molar-refractivity contribution is 0.210. The fraction of sp³-hybridized carbons (Fsp3) is 0.810. The molecule has 134 valence electrons. The Kier molecular flexibility index (Phi) is 5.04. The summed E-state index contributed by atoms with van der Waals surface area (Å²) in [7, 11) is -1.42. The average Bonchev–Trinajstić information content (AvgIpc) is 3.23. The number of fused-ring (bicyclic) bond motifs is 1. The number of rotatable bonds is 4. The third-order valence-corrected chi connectivity index (χ3v) is 11.0. The molecule has 3 heteroatoms. The number of nitrogens with one attached hydrogen (secondary N) is 1. The van der Waals surface area contributed by atoms with E-state index in [9.17, 15) is 0 Å². The molecule has 0 aromatic rings. The Morgan fingerprint density at radius 1 is 0.875 bits per heavy atom. The van der Waals surface area contributed by atoms with Gasteiger partial charge in [0.05, 0.1) is 0 Å². The van der Waals surface area contributed by atoms with Gasteiger partial charge in [0.1, 0.15) is 8.24 Å². The van der Waals surface area contributed by atoms with Gasteiger partial charge in [0, 0.05) is 12.1 Å². The van der Waals surface area contributed by atoms with Gasteiger partial charge in [-0.2, -0.15) is 0 Å². The zero-order valence-corrected chi connectivity index (χ0v) is 16.7. The molecule has 4 unspecified atom stereocenters. The van der Waals surface area contributed by atoms with E-state index in [4.69, 9.17) is 0 Å². The van der Waals surface area contributed by atoms with E-state index in [1.54, 1.807) is 0 Å². The molecule has 0 spiro atoms. The van der Waals surface area contributed by atoms with Crippen molar-refractivity contribution in [3.8, 4) is 0 Å². The first-order valence-electron chi connectivity index (χ1n) is 10.5. The van der Waals surface area contributed by atoms with E-state index >= 15 is 0 Å². The first-order chi connectivity index (χ1) is 11.6. The molecule has 0 radical (unpaired) electrons. The predicted molar refractivity (Wildman–Crippen MR) is 106 cm³/mol. The van der Waals surface area contributed by atoms with Crippen LogP contribution in [0.25, 0.3) is 0 Å². The quantitative estimate of drug-likeness (QED) is 0.743.